The lowest BCUT2D eigenvalue weighted by atomic mass is 10.1. The molecule has 0 radical (unpaired) electrons. The molecule has 5 nitrogen and oxygen atoms in total. The number of nitrogens with one attached hydrogen (secondary N) is 2. The summed E-state index contributed by atoms with van der Waals surface area (Å²) in [5, 5.41) is 6.91. The molecular formula is C19H20BrN3O2. The fourth-order valence-corrected chi connectivity index (χ4v) is 2.71. The molecule has 0 fully saturated rings. The van der Waals surface area contributed by atoms with Crippen LogP contribution in [0, 0.1) is 0 Å². The SMILES string of the molecule is C/C(CC(=O)N[C@@H](C)c1ccccc1)=N/NC(=O)c1ccccc1Br. The van der Waals surface area contributed by atoms with Crippen LogP contribution >= 0.6 is 15.9 Å². The van der Waals surface area contributed by atoms with Gasteiger partial charge in [0.1, 0.15) is 0 Å². The molecule has 0 aromatic heterocycles. The summed E-state index contributed by atoms with van der Waals surface area (Å²) in [5.74, 6) is -0.474. The molecule has 0 aliphatic rings. The summed E-state index contributed by atoms with van der Waals surface area (Å²) in [6.07, 6.45) is 0.118. The molecule has 0 aliphatic carbocycles. The lowest BCUT2D eigenvalue weighted by Crippen LogP contribution is -2.29. The van der Waals surface area contributed by atoms with Gasteiger partial charge in [-0.15, -0.1) is 0 Å². The molecule has 0 saturated carbocycles. The van der Waals surface area contributed by atoms with E-state index in [4.69, 9.17) is 0 Å². The van der Waals surface area contributed by atoms with E-state index >= 15 is 0 Å². The normalized spacial score (nSPS) is 12.4. The van der Waals surface area contributed by atoms with Crippen molar-refractivity contribution >= 4 is 33.5 Å². The van der Waals surface area contributed by atoms with Crippen LogP contribution in [0.1, 0.15) is 42.2 Å². The molecule has 0 saturated heterocycles. The summed E-state index contributed by atoms with van der Waals surface area (Å²) in [4.78, 5) is 24.2. The van der Waals surface area contributed by atoms with Gasteiger partial charge in [0.05, 0.1) is 18.0 Å². The summed E-state index contributed by atoms with van der Waals surface area (Å²) in [6.45, 7) is 3.63. The first-order chi connectivity index (χ1) is 12.0. The van der Waals surface area contributed by atoms with Crippen LogP contribution in [-0.2, 0) is 4.79 Å². The Hall–Kier alpha value is -2.47. The predicted molar refractivity (Wildman–Crippen MR) is 102 cm³/mol. The predicted octanol–water partition coefficient (Wildman–Crippen LogP) is 3.82. The molecule has 6 heteroatoms. The molecule has 25 heavy (non-hydrogen) atoms. The third-order valence-corrected chi connectivity index (χ3v) is 4.25. The van der Waals surface area contributed by atoms with E-state index in [-0.39, 0.29) is 24.3 Å². The van der Waals surface area contributed by atoms with Crippen molar-refractivity contribution in [3.63, 3.8) is 0 Å². The molecular weight excluding hydrogens is 382 g/mol. The van der Waals surface area contributed by atoms with E-state index in [0.717, 1.165) is 5.56 Å². The number of carbonyl (C=O) groups is 2. The number of hydrazone groups is 1. The van der Waals surface area contributed by atoms with E-state index in [0.29, 0.717) is 15.7 Å². The second kappa shape index (κ2) is 9.13. The highest BCUT2D eigenvalue weighted by atomic mass is 79.9. The highest BCUT2D eigenvalue weighted by Crippen LogP contribution is 2.15. The summed E-state index contributed by atoms with van der Waals surface area (Å²) in [5.41, 5.74) is 4.52. The first-order valence-electron chi connectivity index (χ1n) is 7.89. The monoisotopic (exact) mass is 401 g/mol. The number of carbonyl (C=O) groups excluding carboxylic acids is 2. The van der Waals surface area contributed by atoms with Crippen LogP contribution in [0.15, 0.2) is 64.2 Å². The van der Waals surface area contributed by atoms with Gasteiger partial charge in [-0.25, -0.2) is 5.43 Å². The Morgan fingerprint density at radius 3 is 2.40 bits per heavy atom. The summed E-state index contributed by atoms with van der Waals surface area (Å²) in [6, 6.07) is 16.7. The molecule has 2 aromatic rings. The maximum Gasteiger partial charge on any atom is 0.272 e. The van der Waals surface area contributed by atoms with Crippen LogP contribution in [-0.4, -0.2) is 17.5 Å². The zero-order chi connectivity index (χ0) is 18.2. The van der Waals surface area contributed by atoms with Gasteiger partial charge >= 0.3 is 0 Å². The maximum atomic E-state index is 12.1. The van der Waals surface area contributed by atoms with Gasteiger partial charge in [-0.05, 0) is 47.5 Å². The van der Waals surface area contributed by atoms with Crippen molar-refractivity contribution < 1.29 is 9.59 Å². The minimum absolute atomic E-state index is 0.0867. The van der Waals surface area contributed by atoms with Crippen molar-refractivity contribution in [1.29, 1.82) is 0 Å². The molecule has 130 valence electrons. The number of nitrogens with zero attached hydrogens (tertiary/aromatic N) is 1. The topological polar surface area (TPSA) is 70.6 Å². The van der Waals surface area contributed by atoms with Crippen molar-refractivity contribution in [3.05, 3.63) is 70.2 Å². The van der Waals surface area contributed by atoms with Gasteiger partial charge in [0, 0.05) is 10.2 Å². The average Bonchev–Trinajstić information content (AvgIpc) is 2.60. The third kappa shape index (κ3) is 5.83. The standard InChI is InChI=1S/C19H20BrN3O2/c1-13(22-23-19(25)16-10-6-7-11-17(16)20)12-18(24)21-14(2)15-8-4-3-5-9-15/h3-11,14H,12H2,1-2H3,(H,21,24)(H,23,25)/b22-13-/t14-/m0/s1. The van der Waals surface area contributed by atoms with E-state index in [1.807, 2.05) is 43.3 Å². The van der Waals surface area contributed by atoms with E-state index in [1.54, 1.807) is 25.1 Å². The second-order valence-corrected chi connectivity index (χ2v) is 6.50. The first-order valence-corrected chi connectivity index (χ1v) is 8.69. The quantitative estimate of drug-likeness (QED) is 0.570. The molecule has 2 rings (SSSR count). The van der Waals surface area contributed by atoms with Crippen LogP contribution < -0.4 is 10.7 Å². The van der Waals surface area contributed by atoms with Crippen molar-refractivity contribution in [2.45, 2.75) is 26.3 Å². The van der Waals surface area contributed by atoms with Crippen molar-refractivity contribution in [2.75, 3.05) is 0 Å². The number of hydrogen-bond donors (Lipinski definition) is 2. The molecule has 0 bridgehead atoms. The van der Waals surface area contributed by atoms with Gasteiger partial charge in [-0.3, -0.25) is 9.59 Å². The highest BCUT2D eigenvalue weighted by molar-refractivity contribution is 9.10. The lowest BCUT2D eigenvalue weighted by molar-refractivity contribution is -0.120. The molecule has 2 aromatic carbocycles. The molecule has 2 N–H and O–H groups in total. The minimum atomic E-state index is -0.329. The Morgan fingerprint density at radius 2 is 1.72 bits per heavy atom. The van der Waals surface area contributed by atoms with Crippen LogP contribution in [0.5, 0.6) is 0 Å². The molecule has 0 unspecified atom stereocenters. The Bertz CT molecular complexity index is 775. The fourth-order valence-electron chi connectivity index (χ4n) is 2.24. The summed E-state index contributed by atoms with van der Waals surface area (Å²) < 4.78 is 0.690. The number of halogens is 1. The van der Waals surface area contributed by atoms with Crippen molar-refractivity contribution in [1.82, 2.24) is 10.7 Å². The molecule has 0 spiro atoms. The fraction of sp³-hybridized carbons (Fsp3) is 0.211. The Balaban J connectivity index is 1.87. The molecule has 1 atom stereocenters. The Morgan fingerprint density at radius 1 is 1.08 bits per heavy atom. The van der Waals surface area contributed by atoms with Crippen LogP contribution in [0.4, 0.5) is 0 Å². The number of hydrogen-bond acceptors (Lipinski definition) is 3. The lowest BCUT2D eigenvalue weighted by Gasteiger charge is -2.14. The summed E-state index contributed by atoms with van der Waals surface area (Å²) in [7, 11) is 0. The van der Waals surface area contributed by atoms with E-state index in [9.17, 15) is 9.59 Å². The van der Waals surface area contributed by atoms with Crippen LogP contribution in [0.2, 0.25) is 0 Å². The second-order valence-electron chi connectivity index (χ2n) is 5.64. The highest BCUT2D eigenvalue weighted by Gasteiger charge is 2.11. The molecule has 2 amide bonds. The number of amides is 2. The smallest absolute Gasteiger partial charge is 0.272 e. The minimum Gasteiger partial charge on any atom is -0.349 e. The third-order valence-electron chi connectivity index (χ3n) is 3.56. The molecule has 0 aliphatic heterocycles. The van der Waals surface area contributed by atoms with Crippen LogP contribution in [0.25, 0.3) is 0 Å². The zero-order valence-electron chi connectivity index (χ0n) is 14.1. The zero-order valence-corrected chi connectivity index (χ0v) is 15.7. The summed E-state index contributed by atoms with van der Waals surface area (Å²) >= 11 is 3.32. The Kier molecular flexibility index (Phi) is 6.89. The van der Waals surface area contributed by atoms with Crippen molar-refractivity contribution in [3.8, 4) is 0 Å². The van der Waals surface area contributed by atoms with Gasteiger partial charge in [0.2, 0.25) is 5.91 Å². The van der Waals surface area contributed by atoms with Gasteiger partial charge in [0.25, 0.3) is 5.91 Å². The maximum absolute atomic E-state index is 12.1. The van der Waals surface area contributed by atoms with E-state index < -0.39 is 0 Å². The van der Waals surface area contributed by atoms with E-state index in [2.05, 4.69) is 31.8 Å². The number of benzene rings is 2. The van der Waals surface area contributed by atoms with Gasteiger partial charge in [0.15, 0.2) is 0 Å². The van der Waals surface area contributed by atoms with Crippen molar-refractivity contribution in [2.24, 2.45) is 5.10 Å². The molecule has 0 heterocycles. The average molecular weight is 402 g/mol. The van der Waals surface area contributed by atoms with Gasteiger partial charge in [-0.1, -0.05) is 42.5 Å². The Labute approximate surface area is 155 Å². The van der Waals surface area contributed by atoms with Gasteiger partial charge < -0.3 is 5.32 Å². The van der Waals surface area contributed by atoms with E-state index in [1.165, 1.54) is 0 Å². The van der Waals surface area contributed by atoms with Crippen LogP contribution in [0.3, 0.4) is 0 Å². The van der Waals surface area contributed by atoms with Gasteiger partial charge in [-0.2, -0.15) is 5.10 Å². The first kappa shape index (κ1) is 18.9. The number of rotatable bonds is 6. The largest absolute Gasteiger partial charge is 0.349 e.